The van der Waals surface area contributed by atoms with Crippen LogP contribution in [-0.4, -0.2) is 42.1 Å². The van der Waals surface area contributed by atoms with Crippen molar-refractivity contribution in [2.75, 3.05) is 20.1 Å². The van der Waals surface area contributed by atoms with Crippen LogP contribution in [-0.2, 0) is 4.79 Å². The van der Waals surface area contributed by atoms with Gasteiger partial charge in [0.2, 0.25) is 0 Å². The van der Waals surface area contributed by atoms with Crippen molar-refractivity contribution in [3.8, 4) is 12.3 Å². The molecule has 0 aliphatic rings. The van der Waals surface area contributed by atoms with Crippen molar-refractivity contribution < 1.29 is 14.7 Å². The van der Waals surface area contributed by atoms with E-state index in [1.807, 2.05) is 0 Å². The number of urea groups is 1. The van der Waals surface area contributed by atoms with Gasteiger partial charge in [-0.1, -0.05) is 5.92 Å². The second kappa shape index (κ2) is 6.78. The zero-order chi connectivity index (χ0) is 11.0. The van der Waals surface area contributed by atoms with E-state index < -0.39 is 5.97 Å². The van der Waals surface area contributed by atoms with E-state index in [0.717, 1.165) is 0 Å². The molecule has 0 saturated carbocycles. The normalized spacial score (nSPS) is 8.86. The lowest BCUT2D eigenvalue weighted by atomic mass is 10.3. The first-order valence-electron chi connectivity index (χ1n) is 4.22. The standard InChI is InChI=1S/C9H14N2O3/c1-3-6-10-9(14)11(2)7-4-5-8(12)13/h1H,4-7H2,2H3,(H,10,14)(H,12,13). The number of hydrogen-bond acceptors (Lipinski definition) is 2. The Morgan fingerprint density at radius 3 is 2.71 bits per heavy atom. The van der Waals surface area contributed by atoms with E-state index >= 15 is 0 Å². The molecule has 2 N–H and O–H groups in total. The summed E-state index contributed by atoms with van der Waals surface area (Å²) in [5, 5.41) is 10.8. The number of nitrogens with one attached hydrogen (secondary N) is 1. The Labute approximate surface area is 83.1 Å². The lowest BCUT2D eigenvalue weighted by molar-refractivity contribution is -0.137. The molecule has 0 aliphatic carbocycles. The molecule has 0 aromatic heterocycles. The quantitative estimate of drug-likeness (QED) is 0.617. The molecule has 78 valence electrons. The molecule has 0 bridgehead atoms. The molecule has 0 rings (SSSR count). The Hall–Kier alpha value is -1.70. The van der Waals surface area contributed by atoms with Crippen molar-refractivity contribution in [2.45, 2.75) is 12.8 Å². The van der Waals surface area contributed by atoms with Gasteiger partial charge in [-0.15, -0.1) is 6.42 Å². The van der Waals surface area contributed by atoms with E-state index in [2.05, 4.69) is 11.2 Å². The average molecular weight is 198 g/mol. The highest BCUT2D eigenvalue weighted by atomic mass is 16.4. The summed E-state index contributed by atoms with van der Waals surface area (Å²) in [6.07, 6.45) is 5.46. The lowest BCUT2D eigenvalue weighted by Gasteiger charge is -2.16. The highest BCUT2D eigenvalue weighted by Crippen LogP contribution is 1.93. The van der Waals surface area contributed by atoms with Crippen molar-refractivity contribution >= 4 is 12.0 Å². The summed E-state index contributed by atoms with van der Waals surface area (Å²) in [4.78, 5) is 22.7. The molecule has 0 heterocycles. The molecule has 14 heavy (non-hydrogen) atoms. The molecule has 0 aromatic rings. The predicted molar refractivity (Wildman–Crippen MR) is 51.7 cm³/mol. The summed E-state index contributed by atoms with van der Waals surface area (Å²) in [5.41, 5.74) is 0. The van der Waals surface area contributed by atoms with Crippen molar-refractivity contribution in [2.24, 2.45) is 0 Å². The molecule has 0 aliphatic heterocycles. The molecular weight excluding hydrogens is 184 g/mol. The summed E-state index contributed by atoms with van der Waals surface area (Å²) in [7, 11) is 1.59. The summed E-state index contributed by atoms with van der Waals surface area (Å²) in [5.74, 6) is 1.42. The summed E-state index contributed by atoms with van der Waals surface area (Å²) < 4.78 is 0. The third-order valence-electron chi connectivity index (χ3n) is 1.57. The van der Waals surface area contributed by atoms with Crippen LogP contribution < -0.4 is 5.32 Å². The lowest BCUT2D eigenvalue weighted by Crippen LogP contribution is -2.38. The van der Waals surface area contributed by atoms with Crippen LogP contribution >= 0.6 is 0 Å². The van der Waals surface area contributed by atoms with Crippen LogP contribution in [0.2, 0.25) is 0 Å². The van der Waals surface area contributed by atoms with Crippen molar-refractivity contribution in [1.82, 2.24) is 10.2 Å². The van der Waals surface area contributed by atoms with Gasteiger partial charge in [-0.05, 0) is 6.42 Å². The van der Waals surface area contributed by atoms with Gasteiger partial charge < -0.3 is 15.3 Å². The minimum Gasteiger partial charge on any atom is -0.481 e. The number of carboxylic acid groups (broad SMARTS) is 1. The van der Waals surface area contributed by atoms with Crippen molar-refractivity contribution in [3.05, 3.63) is 0 Å². The fourth-order valence-corrected chi connectivity index (χ4v) is 0.831. The number of rotatable bonds is 5. The zero-order valence-electron chi connectivity index (χ0n) is 8.12. The fourth-order valence-electron chi connectivity index (χ4n) is 0.831. The van der Waals surface area contributed by atoms with Crippen LogP contribution in [0, 0.1) is 12.3 Å². The number of nitrogens with zero attached hydrogens (tertiary/aromatic N) is 1. The largest absolute Gasteiger partial charge is 0.481 e. The zero-order valence-corrected chi connectivity index (χ0v) is 8.12. The average Bonchev–Trinajstić information content (AvgIpc) is 2.13. The number of carbonyl (C=O) groups excluding carboxylic acids is 1. The molecule has 0 atom stereocenters. The first-order chi connectivity index (χ1) is 6.57. The Morgan fingerprint density at radius 2 is 2.21 bits per heavy atom. The van der Waals surface area contributed by atoms with E-state index in [0.29, 0.717) is 13.0 Å². The van der Waals surface area contributed by atoms with E-state index in [9.17, 15) is 9.59 Å². The smallest absolute Gasteiger partial charge is 0.317 e. The summed E-state index contributed by atoms with van der Waals surface area (Å²) in [6.45, 7) is 0.588. The van der Waals surface area contributed by atoms with Crippen LogP contribution in [0.25, 0.3) is 0 Å². The van der Waals surface area contributed by atoms with Crippen LogP contribution in [0.1, 0.15) is 12.8 Å². The molecule has 0 aromatic carbocycles. The fraction of sp³-hybridized carbons (Fsp3) is 0.556. The van der Waals surface area contributed by atoms with Gasteiger partial charge >= 0.3 is 12.0 Å². The molecule has 0 unspecified atom stereocenters. The molecule has 0 fully saturated rings. The third-order valence-corrected chi connectivity index (χ3v) is 1.57. The highest BCUT2D eigenvalue weighted by Gasteiger charge is 2.07. The van der Waals surface area contributed by atoms with Crippen molar-refractivity contribution in [3.63, 3.8) is 0 Å². The molecule has 5 heteroatoms. The SMILES string of the molecule is C#CCNC(=O)N(C)CCCC(=O)O. The predicted octanol–water partition coefficient (Wildman–Crippen LogP) is 0.126. The monoisotopic (exact) mass is 198 g/mol. The highest BCUT2D eigenvalue weighted by molar-refractivity contribution is 5.74. The van der Waals surface area contributed by atoms with E-state index in [4.69, 9.17) is 11.5 Å². The van der Waals surface area contributed by atoms with Gasteiger partial charge in [0, 0.05) is 20.0 Å². The Bertz CT molecular complexity index is 245. The van der Waals surface area contributed by atoms with Crippen LogP contribution in [0.5, 0.6) is 0 Å². The molecule has 0 radical (unpaired) electrons. The van der Waals surface area contributed by atoms with Gasteiger partial charge in [-0.2, -0.15) is 0 Å². The molecule has 5 nitrogen and oxygen atoms in total. The maximum absolute atomic E-state index is 11.1. The van der Waals surface area contributed by atoms with Crippen LogP contribution in [0.15, 0.2) is 0 Å². The molecule has 2 amide bonds. The maximum Gasteiger partial charge on any atom is 0.317 e. The number of carboxylic acids is 1. The van der Waals surface area contributed by atoms with Gasteiger partial charge in [-0.25, -0.2) is 4.79 Å². The molecule has 0 spiro atoms. The number of amides is 2. The topological polar surface area (TPSA) is 69.6 Å². The second-order valence-electron chi connectivity index (χ2n) is 2.78. The number of aliphatic carboxylic acids is 1. The van der Waals surface area contributed by atoms with Crippen LogP contribution in [0.4, 0.5) is 4.79 Å². The van der Waals surface area contributed by atoms with Gasteiger partial charge in [0.15, 0.2) is 0 Å². The van der Waals surface area contributed by atoms with Crippen LogP contribution in [0.3, 0.4) is 0 Å². The van der Waals surface area contributed by atoms with Gasteiger partial charge in [-0.3, -0.25) is 4.79 Å². The number of hydrogen-bond donors (Lipinski definition) is 2. The van der Waals surface area contributed by atoms with Gasteiger partial charge in [0.05, 0.1) is 6.54 Å². The van der Waals surface area contributed by atoms with E-state index in [1.54, 1.807) is 7.05 Å². The minimum atomic E-state index is -0.859. The summed E-state index contributed by atoms with van der Waals surface area (Å²) >= 11 is 0. The number of terminal acetylenes is 1. The maximum atomic E-state index is 11.1. The van der Waals surface area contributed by atoms with E-state index in [-0.39, 0.29) is 19.0 Å². The Morgan fingerprint density at radius 1 is 1.57 bits per heavy atom. The van der Waals surface area contributed by atoms with Crippen molar-refractivity contribution in [1.29, 1.82) is 0 Å². The third kappa shape index (κ3) is 5.89. The first-order valence-corrected chi connectivity index (χ1v) is 4.22. The minimum absolute atomic E-state index is 0.0623. The van der Waals surface area contributed by atoms with Gasteiger partial charge in [0.25, 0.3) is 0 Å². The van der Waals surface area contributed by atoms with E-state index in [1.165, 1.54) is 4.90 Å². The molecule has 0 saturated heterocycles. The second-order valence-corrected chi connectivity index (χ2v) is 2.78. The Balaban J connectivity index is 3.63. The summed E-state index contributed by atoms with van der Waals surface area (Å²) in [6, 6.07) is -0.284. The Kier molecular flexibility index (Phi) is 5.95. The first kappa shape index (κ1) is 12.3. The van der Waals surface area contributed by atoms with Gasteiger partial charge in [0.1, 0.15) is 0 Å². The number of carbonyl (C=O) groups is 2. The molecular formula is C9H14N2O3.